The van der Waals surface area contributed by atoms with Gasteiger partial charge in [0, 0.05) is 19.3 Å². The van der Waals surface area contributed by atoms with E-state index in [2.05, 4.69) is 22.5 Å². The Labute approximate surface area is 170 Å². The summed E-state index contributed by atoms with van der Waals surface area (Å²) >= 11 is 0. The van der Waals surface area contributed by atoms with Crippen LogP contribution in [0.4, 0.5) is 0 Å². The molecule has 7 heteroatoms. The molecule has 0 unspecified atom stereocenters. The van der Waals surface area contributed by atoms with E-state index in [-0.39, 0.29) is 23.3 Å². The van der Waals surface area contributed by atoms with Gasteiger partial charge in [-0.05, 0) is 42.7 Å². The van der Waals surface area contributed by atoms with Gasteiger partial charge in [-0.2, -0.15) is 0 Å². The number of aromatic nitrogens is 2. The van der Waals surface area contributed by atoms with Crippen LogP contribution in [-0.4, -0.2) is 41.4 Å². The minimum absolute atomic E-state index is 0.217. The molecule has 0 fully saturated rings. The van der Waals surface area contributed by atoms with Gasteiger partial charge in [0.05, 0.1) is 12.6 Å². The fourth-order valence-electron chi connectivity index (χ4n) is 3.05. The Morgan fingerprint density at radius 3 is 2.69 bits per heavy atom. The Morgan fingerprint density at radius 1 is 1.07 bits per heavy atom. The number of hydrogen-bond acceptors (Lipinski definition) is 4. The zero-order chi connectivity index (χ0) is 20.6. The standard InChI is InChI=1S/C22H26N4O3/c1-3-4-12-23-22(28)20-25-19(18-10-5-6-14-26(18)20)21(27)24-13-11-16-8-7-9-17(15-16)29-2/h5-10,14-15H,3-4,11-13H2,1-2H3,(H,23,28)(H,24,27). The number of nitrogens with zero attached hydrogens (tertiary/aromatic N) is 2. The van der Waals surface area contributed by atoms with E-state index < -0.39 is 0 Å². The number of methoxy groups -OCH3 is 1. The number of unbranched alkanes of at least 4 members (excludes halogenated alkanes) is 1. The Hall–Kier alpha value is -3.35. The van der Waals surface area contributed by atoms with Gasteiger partial charge in [0.15, 0.2) is 5.69 Å². The maximum Gasteiger partial charge on any atom is 0.287 e. The van der Waals surface area contributed by atoms with Crippen molar-refractivity contribution in [1.29, 1.82) is 0 Å². The third kappa shape index (κ3) is 4.93. The lowest BCUT2D eigenvalue weighted by Gasteiger charge is -2.06. The highest BCUT2D eigenvalue weighted by Gasteiger charge is 2.20. The number of rotatable bonds is 9. The first-order valence-electron chi connectivity index (χ1n) is 9.80. The smallest absolute Gasteiger partial charge is 0.287 e. The molecule has 2 aromatic heterocycles. The fourth-order valence-corrected chi connectivity index (χ4v) is 3.05. The summed E-state index contributed by atoms with van der Waals surface area (Å²) in [4.78, 5) is 29.6. The maximum absolute atomic E-state index is 12.7. The molecule has 152 valence electrons. The molecule has 7 nitrogen and oxygen atoms in total. The number of amides is 2. The molecular weight excluding hydrogens is 368 g/mol. The predicted molar refractivity (Wildman–Crippen MR) is 111 cm³/mol. The quantitative estimate of drug-likeness (QED) is 0.547. The molecule has 2 heterocycles. The molecule has 0 radical (unpaired) electrons. The van der Waals surface area contributed by atoms with Crippen molar-refractivity contribution in [1.82, 2.24) is 20.0 Å². The van der Waals surface area contributed by atoms with Crippen LogP contribution in [0.3, 0.4) is 0 Å². The molecular formula is C22H26N4O3. The van der Waals surface area contributed by atoms with Gasteiger partial charge in [0.2, 0.25) is 5.82 Å². The summed E-state index contributed by atoms with van der Waals surface area (Å²) < 4.78 is 6.87. The third-order valence-electron chi connectivity index (χ3n) is 4.62. The van der Waals surface area contributed by atoms with Crippen molar-refractivity contribution in [3.8, 4) is 5.75 Å². The zero-order valence-electron chi connectivity index (χ0n) is 16.8. The summed E-state index contributed by atoms with van der Waals surface area (Å²) in [5.41, 5.74) is 1.92. The molecule has 0 saturated heterocycles. The van der Waals surface area contributed by atoms with E-state index in [0.29, 0.717) is 25.0 Å². The van der Waals surface area contributed by atoms with Gasteiger partial charge >= 0.3 is 0 Å². The highest BCUT2D eigenvalue weighted by atomic mass is 16.5. The summed E-state index contributed by atoms with van der Waals surface area (Å²) in [6.07, 6.45) is 4.29. The van der Waals surface area contributed by atoms with Crippen LogP contribution in [0, 0.1) is 0 Å². The number of fused-ring (bicyclic) bond motifs is 1. The number of carbonyl (C=O) groups is 2. The van der Waals surface area contributed by atoms with Gasteiger partial charge in [0.1, 0.15) is 5.75 Å². The zero-order valence-corrected chi connectivity index (χ0v) is 16.8. The summed E-state index contributed by atoms with van der Waals surface area (Å²) in [7, 11) is 1.63. The first kappa shape index (κ1) is 20.4. The molecule has 0 aliphatic carbocycles. The minimum Gasteiger partial charge on any atom is -0.497 e. The Morgan fingerprint density at radius 2 is 1.90 bits per heavy atom. The monoisotopic (exact) mass is 394 g/mol. The second kappa shape index (κ2) is 9.73. The van der Waals surface area contributed by atoms with Crippen LogP contribution in [0.15, 0.2) is 48.7 Å². The first-order valence-corrected chi connectivity index (χ1v) is 9.80. The number of imidazole rings is 1. The van der Waals surface area contributed by atoms with Crippen LogP contribution in [0.25, 0.3) is 5.52 Å². The van der Waals surface area contributed by atoms with E-state index in [1.165, 1.54) is 0 Å². The van der Waals surface area contributed by atoms with Crippen molar-refractivity contribution in [3.05, 3.63) is 65.7 Å². The minimum atomic E-state index is -0.302. The number of hydrogen-bond donors (Lipinski definition) is 2. The molecule has 1 aromatic carbocycles. The summed E-state index contributed by atoms with van der Waals surface area (Å²) in [5.74, 6) is 0.418. The van der Waals surface area contributed by atoms with E-state index in [0.717, 1.165) is 24.2 Å². The highest BCUT2D eigenvalue weighted by Crippen LogP contribution is 2.14. The second-order valence-electron chi connectivity index (χ2n) is 6.71. The van der Waals surface area contributed by atoms with E-state index >= 15 is 0 Å². The lowest BCUT2D eigenvalue weighted by Crippen LogP contribution is -2.27. The van der Waals surface area contributed by atoms with Crippen molar-refractivity contribution in [3.63, 3.8) is 0 Å². The maximum atomic E-state index is 12.7. The summed E-state index contributed by atoms with van der Waals surface area (Å²) in [5, 5.41) is 5.75. The molecule has 3 rings (SSSR count). The number of ether oxygens (including phenoxy) is 1. The topological polar surface area (TPSA) is 84.7 Å². The molecule has 2 N–H and O–H groups in total. The molecule has 0 aliphatic heterocycles. The first-order chi connectivity index (χ1) is 14.1. The van der Waals surface area contributed by atoms with Crippen LogP contribution < -0.4 is 15.4 Å². The number of nitrogens with one attached hydrogen (secondary N) is 2. The Bertz CT molecular complexity index is 997. The van der Waals surface area contributed by atoms with Gasteiger partial charge in [0.25, 0.3) is 11.8 Å². The third-order valence-corrected chi connectivity index (χ3v) is 4.62. The Balaban J connectivity index is 1.71. The second-order valence-corrected chi connectivity index (χ2v) is 6.71. The largest absolute Gasteiger partial charge is 0.497 e. The molecule has 0 spiro atoms. The normalized spacial score (nSPS) is 10.7. The van der Waals surface area contributed by atoms with Gasteiger partial charge < -0.3 is 15.4 Å². The molecule has 29 heavy (non-hydrogen) atoms. The molecule has 0 atom stereocenters. The number of benzene rings is 1. The van der Waals surface area contributed by atoms with Crippen molar-refractivity contribution in [2.75, 3.05) is 20.2 Å². The van der Waals surface area contributed by atoms with Crippen molar-refractivity contribution >= 4 is 17.3 Å². The SMILES string of the molecule is CCCCNC(=O)c1nc(C(=O)NCCc2cccc(OC)c2)c2ccccn12. The average Bonchev–Trinajstić information content (AvgIpc) is 3.14. The van der Waals surface area contributed by atoms with Crippen molar-refractivity contribution in [2.24, 2.45) is 0 Å². The highest BCUT2D eigenvalue weighted by molar-refractivity contribution is 6.02. The lowest BCUT2D eigenvalue weighted by molar-refractivity contribution is 0.0942. The van der Waals surface area contributed by atoms with E-state index in [1.54, 1.807) is 23.8 Å². The van der Waals surface area contributed by atoms with Crippen LogP contribution in [0.5, 0.6) is 5.75 Å². The molecule has 0 bridgehead atoms. The van der Waals surface area contributed by atoms with E-state index in [1.807, 2.05) is 36.4 Å². The summed E-state index contributed by atoms with van der Waals surface area (Å²) in [6, 6.07) is 13.1. The molecule has 2 amide bonds. The fraction of sp³-hybridized carbons (Fsp3) is 0.318. The molecule has 0 aliphatic rings. The van der Waals surface area contributed by atoms with Crippen LogP contribution in [0.2, 0.25) is 0 Å². The van der Waals surface area contributed by atoms with Crippen molar-refractivity contribution < 1.29 is 14.3 Å². The summed E-state index contributed by atoms with van der Waals surface area (Å²) in [6.45, 7) is 3.10. The van der Waals surface area contributed by atoms with Gasteiger partial charge in [-0.3, -0.25) is 14.0 Å². The van der Waals surface area contributed by atoms with E-state index in [9.17, 15) is 9.59 Å². The van der Waals surface area contributed by atoms with Crippen LogP contribution >= 0.6 is 0 Å². The number of carbonyl (C=O) groups excluding carboxylic acids is 2. The lowest BCUT2D eigenvalue weighted by atomic mass is 10.1. The predicted octanol–water partition coefficient (Wildman–Crippen LogP) is 2.85. The number of pyridine rings is 1. The Kier molecular flexibility index (Phi) is 6.84. The van der Waals surface area contributed by atoms with Gasteiger partial charge in [-0.25, -0.2) is 4.98 Å². The van der Waals surface area contributed by atoms with E-state index in [4.69, 9.17) is 4.74 Å². The van der Waals surface area contributed by atoms with Gasteiger partial charge in [-0.15, -0.1) is 0 Å². The average molecular weight is 394 g/mol. The van der Waals surface area contributed by atoms with Crippen molar-refractivity contribution in [2.45, 2.75) is 26.2 Å². The van der Waals surface area contributed by atoms with Gasteiger partial charge in [-0.1, -0.05) is 31.5 Å². The molecule has 3 aromatic rings. The van der Waals surface area contributed by atoms with Crippen LogP contribution in [-0.2, 0) is 6.42 Å². The molecule has 0 saturated carbocycles. The van der Waals surface area contributed by atoms with Crippen LogP contribution in [0.1, 0.15) is 46.4 Å².